The zero-order valence-corrected chi connectivity index (χ0v) is 12.0. The summed E-state index contributed by atoms with van der Waals surface area (Å²) in [5.74, 6) is -1.02. The molecule has 6 heteroatoms. The first-order chi connectivity index (χ1) is 10.0. The Balaban J connectivity index is 2.31. The topological polar surface area (TPSA) is 61.5 Å². The first-order valence-electron chi connectivity index (χ1n) is 6.21. The molecular weight excluding hydrogens is 297 g/mol. The largest absolute Gasteiger partial charge is 0.462 e. The molecule has 0 atom stereocenters. The molecule has 2 aromatic rings. The summed E-state index contributed by atoms with van der Waals surface area (Å²) in [5, 5.41) is -0.0476. The Morgan fingerprint density at radius 3 is 2.81 bits per heavy atom. The molecule has 0 unspecified atom stereocenters. The van der Waals surface area contributed by atoms with Crippen LogP contribution >= 0.6 is 11.6 Å². The Bertz CT molecular complexity index is 676. The van der Waals surface area contributed by atoms with Gasteiger partial charge in [-0.1, -0.05) is 17.7 Å². The Morgan fingerprint density at radius 1 is 1.33 bits per heavy atom. The number of benzene rings is 2. The fraction of sp³-hybridized carbons (Fsp3) is 0.133. The van der Waals surface area contributed by atoms with Crippen LogP contribution in [0.2, 0.25) is 5.02 Å². The van der Waals surface area contributed by atoms with Crippen LogP contribution in [0.4, 0.5) is 10.1 Å². The molecule has 0 heterocycles. The number of ether oxygens (including phenoxy) is 2. The molecule has 0 radical (unpaired) electrons. The second kappa shape index (κ2) is 6.45. The van der Waals surface area contributed by atoms with Gasteiger partial charge in [-0.2, -0.15) is 0 Å². The normalized spacial score (nSPS) is 10.2. The van der Waals surface area contributed by atoms with Crippen molar-refractivity contribution < 1.29 is 18.7 Å². The highest BCUT2D eigenvalue weighted by atomic mass is 35.5. The van der Waals surface area contributed by atoms with Gasteiger partial charge in [-0.3, -0.25) is 0 Å². The van der Waals surface area contributed by atoms with E-state index in [1.807, 2.05) is 0 Å². The second-order valence-corrected chi connectivity index (χ2v) is 4.53. The maximum Gasteiger partial charge on any atom is 0.340 e. The van der Waals surface area contributed by atoms with Crippen molar-refractivity contribution in [1.29, 1.82) is 0 Å². The van der Waals surface area contributed by atoms with E-state index in [-0.39, 0.29) is 34.4 Å². The molecule has 110 valence electrons. The molecule has 0 amide bonds. The molecule has 2 aromatic carbocycles. The number of esters is 1. The zero-order chi connectivity index (χ0) is 15.4. The van der Waals surface area contributed by atoms with E-state index in [2.05, 4.69) is 0 Å². The number of hydrogen-bond acceptors (Lipinski definition) is 4. The van der Waals surface area contributed by atoms with Crippen molar-refractivity contribution in [3.05, 3.63) is 52.8 Å². The van der Waals surface area contributed by atoms with Gasteiger partial charge in [0.1, 0.15) is 5.75 Å². The fourth-order valence-corrected chi connectivity index (χ4v) is 1.84. The molecule has 4 nitrogen and oxygen atoms in total. The lowest BCUT2D eigenvalue weighted by Crippen LogP contribution is -2.08. The minimum absolute atomic E-state index is 0.0397. The van der Waals surface area contributed by atoms with Gasteiger partial charge >= 0.3 is 5.97 Å². The molecule has 0 saturated heterocycles. The number of rotatable bonds is 4. The predicted molar refractivity (Wildman–Crippen MR) is 78.3 cm³/mol. The lowest BCUT2D eigenvalue weighted by Gasteiger charge is -2.10. The average molecular weight is 310 g/mol. The molecule has 0 aliphatic rings. The summed E-state index contributed by atoms with van der Waals surface area (Å²) in [5.41, 5.74) is 6.14. The number of nitrogen functional groups attached to an aromatic ring is 1. The monoisotopic (exact) mass is 309 g/mol. The Morgan fingerprint density at radius 2 is 2.10 bits per heavy atom. The summed E-state index contributed by atoms with van der Waals surface area (Å²) >= 11 is 5.68. The number of carbonyl (C=O) groups is 1. The van der Waals surface area contributed by atoms with E-state index in [0.29, 0.717) is 0 Å². The molecule has 2 N–H and O–H groups in total. The third kappa shape index (κ3) is 3.44. The van der Waals surface area contributed by atoms with Crippen LogP contribution in [0.1, 0.15) is 17.3 Å². The number of anilines is 1. The average Bonchev–Trinajstić information content (AvgIpc) is 2.46. The van der Waals surface area contributed by atoms with Crippen LogP contribution in [0.5, 0.6) is 11.5 Å². The van der Waals surface area contributed by atoms with Crippen LogP contribution in [0.3, 0.4) is 0 Å². The summed E-state index contributed by atoms with van der Waals surface area (Å²) in [6.07, 6.45) is 0. The second-order valence-electron chi connectivity index (χ2n) is 4.12. The van der Waals surface area contributed by atoms with Crippen molar-refractivity contribution in [2.24, 2.45) is 0 Å². The van der Waals surface area contributed by atoms with Crippen molar-refractivity contribution in [3.63, 3.8) is 0 Å². The van der Waals surface area contributed by atoms with E-state index in [1.54, 1.807) is 13.0 Å². The summed E-state index contributed by atoms with van der Waals surface area (Å²) in [6, 6.07) is 8.82. The highest BCUT2D eigenvalue weighted by Crippen LogP contribution is 2.30. The summed E-state index contributed by atoms with van der Waals surface area (Å²) in [4.78, 5) is 11.7. The number of hydrogen-bond donors (Lipinski definition) is 1. The highest BCUT2D eigenvalue weighted by molar-refractivity contribution is 6.30. The van der Waals surface area contributed by atoms with Gasteiger partial charge in [0.2, 0.25) is 0 Å². The number of nitrogens with two attached hydrogens (primary N) is 1. The van der Waals surface area contributed by atoms with Gasteiger partial charge in [0.05, 0.1) is 17.2 Å². The van der Waals surface area contributed by atoms with Gasteiger partial charge < -0.3 is 15.2 Å². The standard InChI is InChI=1S/C15H13ClFNO3/c1-2-20-15(19)10-8-9(6-7-12(10)18)21-13-5-3-4-11(16)14(13)17/h3-8H,2,18H2,1H3. The maximum absolute atomic E-state index is 13.8. The van der Waals surface area contributed by atoms with Gasteiger partial charge in [0.15, 0.2) is 11.6 Å². The molecule has 21 heavy (non-hydrogen) atoms. The summed E-state index contributed by atoms with van der Waals surface area (Å²) in [6.45, 7) is 1.92. The van der Waals surface area contributed by atoms with Crippen LogP contribution < -0.4 is 10.5 Å². The first kappa shape index (κ1) is 15.1. The Hall–Kier alpha value is -2.27. The van der Waals surface area contributed by atoms with Gasteiger partial charge in [0, 0.05) is 5.69 Å². The van der Waals surface area contributed by atoms with Crippen LogP contribution in [-0.2, 0) is 4.74 Å². The number of halogens is 2. The zero-order valence-electron chi connectivity index (χ0n) is 11.2. The fourth-order valence-electron chi connectivity index (χ4n) is 1.67. The maximum atomic E-state index is 13.8. The van der Waals surface area contributed by atoms with E-state index in [4.69, 9.17) is 26.8 Å². The van der Waals surface area contributed by atoms with E-state index in [1.165, 1.54) is 30.3 Å². The van der Waals surface area contributed by atoms with Crippen molar-refractivity contribution in [2.45, 2.75) is 6.92 Å². The minimum Gasteiger partial charge on any atom is -0.462 e. The molecule has 0 aliphatic carbocycles. The third-order valence-corrected chi connectivity index (χ3v) is 2.96. The highest BCUT2D eigenvalue weighted by Gasteiger charge is 2.14. The molecule has 0 spiro atoms. The summed E-state index contributed by atoms with van der Waals surface area (Å²) in [7, 11) is 0. The van der Waals surface area contributed by atoms with Gasteiger partial charge in [-0.15, -0.1) is 0 Å². The molecule has 0 fully saturated rings. The Kier molecular flexibility index (Phi) is 4.65. The van der Waals surface area contributed by atoms with Gasteiger partial charge in [0.25, 0.3) is 0 Å². The van der Waals surface area contributed by atoms with E-state index >= 15 is 0 Å². The Labute approximate surface area is 126 Å². The smallest absolute Gasteiger partial charge is 0.340 e. The van der Waals surface area contributed by atoms with Crippen LogP contribution in [0.15, 0.2) is 36.4 Å². The van der Waals surface area contributed by atoms with Crippen LogP contribution in [0, 0.1) is 5.82 Å². The SMILES string of the molecule is CCOC(=O)c1cc(Oc2cccc(Cl)c2F)ccc1N. The molecule has 2 rings (SSSR count). The number of carbonyl (C=O) groups excluding carboxylic acids is 1. The molecule has 0 bridgehead atoms. The van der Waals surface area contributed by atoms with Crippen molar-refractivity contribution >= 4 is 23.3 Å². The predicted octanol–water partition coefficient (Wildman–Crippen LogP) is 4.03. The van der Waals surface area contributed by atoms with Crippen molar-refractivity contribution in [3.8, 4) is 11.5 Å². The van der Waals surface area contributed by atoms with Gasteiger partial charge in [-0.05, 0) is 37.3 Å². The van der Waals surface area contributed by atoms with E-state index in [9.17, 15) is 9.18 Å². The summed E-state index contributed by atoms with van der Waals surface area (Å²) < 4.78 is 24.1. The van der Waals surface area contributed by atoms with Gasteiger partial charge in [-0.25, -0.2) is 9.18 Å². The van der Waals surface area contributed by atoms with E-state index in [0.717, 1.165) is 0 Å². The van der Waals surface area contributed by atoms with Crippen LogP contribution in [0.25, 0.3) is 0 Å². The lowest BCUT2D eigenvalue weighted by molar-refractivity contribution is 0.0527. The lowest BCUT2D eigenvalue weighted by atomic mass is 10.1. The van der Waals surface area contributed by atoms with Crippen molar-refractivity contribution in [2.75, 3.05) is 12.3 Å². The third-order valence-electron chi connectivity index (χ3n) is 2.66. The molecule has 0 saturated carbocycles. The first-order valence-corrected chi connectivity index (χ1v) is 6.59. The quantitative estimate of drug-likeness (QED) is 0.684. The molecule has 0 aromatic heterocycles. The molecule has 0 aliphatic heterocycles. The van der Waals surface area contributed by atoms with Crippen molar-refractivity contribution in [1.82, 2.24) is 0 Å². The molecular formula is C15H13ClFNO3. The van der Waals surface area contributed by atoms with E-state index < -0.39 is 11.8 Å². The minimum atomic E-state index is -0.673. The van der Waals surface area contributed by atoms with Crippen LogP contribution in [-0.4, -0.2) is 12.6 Å².